The Morgan fingerprint density at radius 1 is 1.42 bits per heavy atom. The Labute approximate surface area is 116 Å². The monoisotopic (exact) mass is 276 g/mol. The second-order valence-corrected chi connectivity index (χ2v) is 5.62. The van der Waals surface area contributed by atoms with Gasteiger partial charge in [0.25, 0.3) is 0 Å². The van der Waals surface area contributed by atoms with Crippen LogP contribution in [0.4, 0.5) is 0 Å². The van der Waals surface area contributed by atoms with Crippen LogP contribution < -0.4 is 5.32 Å². The minimum atomic E-state index is -0.861. The van der Waals surface area contributed by atoms with Gasteiger partial charge in [0, 0.05) is 24.2 Å². The maximum absolute atomic E-state index is 10.9. The standard InChI is InChI=1S/C14H16N2O2S/c1-9-4-3-5-16-12(9)8-15-7-11-6-13(14(17)18)19-10(11)2/h3-6,15H,7-8H2,1-2H3,(H,17,18). The van der Waals surface area contributed by atoms with Crippen molar-refractivity contribution in [3.63, 3.8) is 0 Å². The fourth-order valence-corrected chi connectivity index (χ4v) is 2.70. The van der Waals surface area contributed by atoms with Crippen LogP contribution in [0.1, 0.15) is 31.4 Å². The van der Waals surface area contributed by atoms with Gasteiger partial charge in [0.1, 0.15) is 4.88 Å². The van der Waals surface area contributed by atoms with Crippen LogP contribution in [0.5, 0.6) is 0 Å². The number of aromatic nitrogens is 1. The van der Waals surface area contributed by atoms with Crippen molar-refractivity contribution in [3.05, 3.63) is 51.0 Å². The average Bonchev–Trinajstić information content (AvgIpc) is 2.74. The van der Waals surface area contributed by atoms with Gasteiger partial charge in [0.05, 0.1) is 5.69 Å². The lowest BCUT2D eigenvalue weighted by Gasteiger charge is -2.06. The molecular weight excluding hydrogens is 260 g/mol. The second kappa shape index (κ2) is 5.95. The molecule has 0 radical (unpaired) electrons. The molecule has 0 bridgehead atoms. The summed E-state index contributed by atoms with van der Waals surface area (Å²) in [6.45, 7) is 5.32. The molecule has 0 spiro atoms. The van der Waals surface area contributed by atoms with Crippen LogP contribution in [0.15, 0.2) is 24.4 Å². The largest absolute Gasteiger partial charge is 0.477 e. The molecule has 2 aromatic rings. The second-order valence-electron chi connectivity index (χ2n) is 4.37. The molecule has 0 aliphatic heterocycles. The lowest BCUT2D eigenvalue weighted by molar-refractivity contribution is 0.0702. The van der Waals surface area contributed by atoms with Gasteiger partial charge in [-0.05, 0) is 37.1 Å². The molecule has 2 N–H and O–H groups in total. The van der Waals surface area contributed by atoms with E-state index >= 15 is 0 Å². The summed E-state index contributed by atoms with van der Waals surface area (Å²) in [5.41, 5.74) is 3.22. The predicted molar refractivity (Wildman–Crippen MR) is 75.5 cm³/mol. The molecule has 0 unspecified atom stereocenters. The van der Waals surface area contributed by atoms with E-state index in [4.69, 9.17) is 5.11 Å². The number of carboxylic acid groups (broad SMARTS) is 1. The van der Waals surface area contributed by atoms with Crippen molar-refractivity contribution in [3.8, 4) is 0 Å². The summed E-state index contributed by atoms with van der Waals surface area (Å²) in [5, 5.41) is 12.2. The van der Waals surface area contributed by atoms with E-state index in [0.29, 0.717) is 18.0 Å². The highest BCUT2D eigenvalue weighted by Gasteiger charge is 2.10. The third-order valence-corrected chi connectivity index (χ3v) is 4.04. The summed E-state index contributed by atoms with van der Waals surface area (Å²) < 4.78 is 0. The molecule has 0 saturated heterocycles. The SMILES string of the molecule is Cc1cccnc1CNCc1cc(C(=O)O)sc1C. The van der Waals surface area contributed by atoms with E-state index in [1.54, 1.807) is 12.3 Å². The predicted octanol–water partition coefficient (Wildman–Crippen LogP) is 2.75. The molecule has 0 fully saturated rings. The van der Waals surface area contributed by atoms with E-state index < -0.39 is 5.97 Å². The molecule has 0 aromatic carbocycles. The molecule has 0 atom stereocenters. The third-order valence-electron chi connectivity index (χ3n) is 2.96. The maximum Gasteiger partial charge on any atom is 0.345 e. The fourth-order valence-electron chi connectivity index (χ4n) is 1.82. The van der Waals surface area contributed by atoms with Gasteiger partial charge in [-0.3, -0.25) is 4.98 Å². The van der Waals surface area contributed by atoms with E-state index in [9.17, 15) is 4.79 Å². The quantitative estimate of drug-likeness (QED) is 0.881. The highest BCUT2D eigenvalue weighted by atomic mass is 32.1. The molecule has 100 valence electrons. The number of thiophene rings is 1. The van der Waals surface area contributed by atoms with Crippen molar-refractivity contribution < 1.29 is 9.90 Å². The molecule has 5 heteroatoms. The van der Waals surface area contributed by atoms with Gasteiger partial charge >= 0.3 is 5.97 Å². The Morgan fingerprint density at radius 3 is 2.84 bits per heavy atom. The summed E-state index contributed by atoms with van der Waals surface area (Å²) in [6.07, 6.45) is 1.78. The van der Waals surface area contributed by atoms with E-state index in [0.717, 1.165) is 21.7 Å². The Morgan fingerprint density at radius 2 is 2.21 bits per heavy atom. The number of carboxylic acids is 1. The molecule has 0 amide bonds. The first kappa shape index (κ1) is 13.7. The van der Waals surface area contributed by atoms with Gasteiger partial charge in [0.15, 0.2) is 0 Å². The van der Waals surface area contributed by atoms with E-state index in [1.165, 1.54) is 11.3 Å². The van der Waals surface area contributed by atoms with Crippen LogP contribution in [-0.4, -0.2) is 16.1 Å². The minimum absolute atomic E-state index is 0.392. The van der Waals surface area contributed by atoms with Gasteiger partial charge in [-0.1, -0.05) is 6.07 Å². The number of nitrogens with one attached hydrogen (secondary N) is 1. The van der Waals surface area contributed by atoms with Crippen LogP contribution in [-0.2, 0) is 13.1 Å². The molecule has 2 aromatic heterocycles. The van der Waals surface area contributed by atoms with E-state index in [-0.39, 0.29) is 0 Å². The summed E-state index contributed by atoms with van der Waals surface area (Å²) in [5.74, 6) is -0.861. The number of nitrogens with zero attached hydrogens (tertiary/aromatic N) is 1. The van der Waals surface area contributed by atoms with Crippen LogP contribution in [0.2, 0.25) is 0 Å². The van der Waals surface area contributed by atoms with Crippen molar-refractivity contribution in [2.75, 3.05) is 0 Å². The van der Waals surface area contributed by atoms with Gasteiger partial charge in [-0.25, -0.2) is 4.79 Å². The van der Waals surface area contributed by atoms with Crippen molar-refractivity contribution in [1.29, 1.82) is 0 Å². The van der Waals surface area contributed by atoms with Crippen molar-refractivity contribution in [2.45, 2.75) is 26.9 Å². The Kier molecular flexibility index (Phi) is 4.29. The number of aryl methyl sites for hydroxylation is 2. The van der Waals surface area contributed by atoms with Crippen molar-refractivity contribution in [2.24, 2.45) is 0 Å². The highest BCUT2D eigenvalue weighted by Crippen LogP contribution is 2.21. The first-order chi connectivity index (χ1) is 9.08. The number of hydrogen-bond acceptors (Lipinski definition) is 4. The van der Waals surface area contributed by atoms with Crippen LogP contribution in [0.25, 0.3) is 0 Å². The summed E-state index contributed by atoms with van der Waals surface area (Å²) in [4.78, 5) is 16.6. The number of carbonyl (C=O) groups is 1. The number of aromatic carboxylic acids is 1. The molecule has 0 aliphatic carbocycles. The lowest BCUT2D eigenvalue weighted by Crippen LogP contribution is -2.14. The van der Waals surface area contributed by atoms with Gasteiger partial charge in [0.2, 0.25) is 0 Å². The molecule has 4 nitrogen and oxygen atoms in total. The van der Waals surface area contributed by atoms with E-state index in [1.807, 2.05) is 26.0 Å². The molecular formula is C14H16N2O2S. The third kappa shape index (κ3) is 3.39. The molecule has 2 rings (SSSR count). The topological polar surface area (TPSA) is 62.2 Å². The normalized spacial score (nSPS) is 10.6. The van der Waals surface area contributed by atoms with Gasteiger partial charge in [-0.15, -0.1) is 11.3 Å². The van der Waals surface area contributed by atoms with Gasteiger partial charge < -0.3 is 10.4 Å². The maximum atomic E-state index is 10.9. The molecule has 0 saturated carbocycles. The average molecular weight is 276 g/mol. The van der Waals surface area contributed by atoms with Crippen molar-refractivity contribution in [1.82, 2.24) is 10.3 Å². The smallest absolute Gasteiger partial charge is 0.345 e. The van der Waals surface area contributed by atoms with E-state index in [2.05, 4.69) is 10.3 Å². The zero-order chi connectivity index (χ0) is 13.8. The Balaban J connectivity index is 1.96. The molecule has 19 heavy (non-hydrogen) atoms. The fraction of sp³-hybridized carbons (Fsp3) is 0.286. The zero-order valence-electron chi connectivity index (χ0n) is 10.9. The lowest BCUT2D eigenvalue weighted by atomic mass is 10.2. The number of pyridine rings is 1. The van der Waals surface area contributed by atoms with Crippen LogP contribution >= 0.6 is 11.3 Å². The Bertz CT molecular complexity index is 593. The summed E-state index contributed by atoms with van der Waals surface area (Å²) in [7, 11) is 0. The Hall–Kier alpha value is -1.72. The minimum Gasteiger partial charge on any atom is -0.477 e. The highest BCUT2D eigenvalue weighted by molar-refractivity contribution is 7.14. The first-order valence-electron chi connectivity index (χ1n) is 6.01. The van der Waals surface area contributed by atoms with Gasteiger partial charge in [-0.2, -0.15) is 0 Å². The summed E-state index contributed by atoms with van der Waals surface area (Å²) in [6, 6.07) is 5.68. The number of rotatable bonds is 5. The van der Waals surface area contributed by atoms with Crippen molar-refractivity contribution >= 4 is 17.3 Å². The molecule has 2 heterocycles. The summed E-state index contributed by atoms with van der Waals surface area (Å²) >= 11 is 1.32. The first-order valence-corrected chi connectivity index (χ1v) is 6.83. The van der Waals surface area contributed by atoms with Crippen LogP contribution in [0.3, 0.4) is 0 Å². The van der Waals surface area contributed by atoms with Crippen LogP contribution in [0, 0.1) is 13.8 Å². The number of hydrogen-bond donors (Lipinski definition) is 2. The molecule has 0 aliphatic rings. The zero-order valence-corrected chi connectivity index (χ0v) is 11.8.